The lowest BCUT2D eigenvalue weighted by Crippen LogP contribution is -2.48. The molecule has 0 saturated heterocycles. The molecule has 0 amide bonds. The Kier molecular flexibility index (Phi) is 2.36. The van der Waals surface area contributed by atoms with E-state index in [9.17, 15) is 4.39 Å². The molecule has 1 heterocycles. The molecule has 0 unspecified atom stereocenters. The third-order valence-electron chi connectivity index (χ3n) is 5.44. The lowest BCUT2D eigenvalue weighted by molar-refractivity contribution is 0.0170. The van der Waals surface area contributed by atoms with E-state index < -0.39 is 0 Å². The highest BCUT2D eigenvalue weighted by Gasteiger charge is 2.52. The lowest BCUT2D eigenvalue weighted by Gasteiger charge is -2.56. The Balaban J connectivity index is 1.79. The zero-order chi connectivity index (χ0) is 13.9. The second kappa shape index (κ2) is 3.91. The maximum absolute atomic E-state index is 13.9. The molecule has 20 heavy (non-hydrogen) atoms. The summed E-state index contributed by atoms with van der Waals surface area (Å²) >= 11 is 0. The van der Waals surface area contributed by atoms with Crippen LogP contribution in [0.1, 0.15) is 37.4 Å². The maximum atomic E-state index is 13.9. The predicted octanol–water partition coefficient (Wildman–Crippen LogP) is 4.57. The van der Waals surface area contributed by atoms with E-state index in [1.54, 1.807) is 12.1 Å². The van der Waals surface area contributed by atoms with Gasteiger partial charge in [-0.2, -0.15) is 0 Å². The normalized spacial score (nSPS) is 25.8. The fourth-order valence-corrected chi connectivity index (χ4v) is 3.94. The van der Waals surface area contributed by atoms with Crippen LogP contribution in [0, 0.1) is 17.2 Å². The topological polar surface area (TPSA) is 12.9 Å². The average Bonchev–Trinajstić information content (AvgIpc) is 2.46. The van der Waals surface area contributed by atoms with Crippen LogP contribution in [0.4, 0.5) is 4.39 Å². The largest absolute Gasteiger partial charge is 0.252 e. The molecule has 0 N–H and O–H groups in total. The van der Waals surface area contributed by atoms with Crippen LogP contribution >= 0.6 is 0 Å². The number of halogens is 1. The number of nitrogens with zero attached hydrogens (tertiary/aromatic N) is 1. The van der Waals surface area contributed by atoms with E-state index in [0.717, 1.165) is 18.0 Å². The number of rotatable bonds is 1. The van der Waals surface area contributed by atoms with Crippen LogP contribution < -0.4 is 0 Å². The van der Waals surface area contributed by atoms with Gasteiger partial charge in [0.1, 0.15) is 5.82 Å². The van der Waals surface area contributed by atoms with Crippen molar-refractivity contribution in [3.8, 4) is 11.3 Å². The molecule has 2 heteroatoms. The molecular weight excluding hydrogens is 249 g/mol. The summed E-state index contributed by atoms with van der Waals surface area (Å²) in [5.74, 6) is 1.18. The van der Waals surface area contributed by atoms with Crippen molar-refractivity contribution in [2.45, 2.75) is 32.6 Å². The van der Waals surface area contributed by atoms with Gasteiger partial charge < -0.3 is 0 Å². The molecule has 2 bridgehead atoms. The molecule has 1 saturated carbocycles. The second-order valence-corrected chi connectivity index (χ2v) is 6.72. The Morgan fingerprint density at radius 3 is 2.70 bits per heavy atom. The highest BCUT2D eigenvalue weighted by Crippen LogP contribution is 2.61. The van der Waals surface area contributed by atoms with Gasteiger partial charge in [-0.1, -0.05) is 32.0 Å². The summed E-state index contributed by atoms with van der Waals surface area (Å²) in [5.41, 5.74) is 4.35. The van der Waals surface area contributed by atoms with Crippen LogP contribution in [-0.2, 0) is 6.42 Å². The first-order chi connectivity index (χ1) is 9.57. The third-order valence-corrected chi connectivity index (χ3v) is 5.44. The number of hydrogen-bond donors (Lipinski definition) is 0. The summed E-state index contributed by atoms with van der Waals surface area (Å²) in [4.78, 5) is 4.75. The molecule has 5 rings (SSSR count). The van der Waals surface area contributed by atoms with Gasteiger partial charge in [-0.15, -0.1) is 0 Å². The summed E-state index contributed by atoms with van der Waals surface area (Å²) in [6, 6.07) is 11.0. The van der Waals surface area contributed by atoms with Crippen molar-refractivity contribution in [3.05, 3.63) is 53.5 Å². The lowest BCUT2D eigenvalue weighted by atomic mass is 9.48. The summed E-state index contributed by atoms with van der Waals surface area (Å²) in [6.07, 6.45) is 2.34. The van der Waals surface area contributed by atoms with Crippen LogP contribution in [0.5, 0.6) is 0 Å². The molecule has 0 aliphatic heterocycles. The van der Waals surface area contributed by atoms with Crippen LogP contribution in [0.2, 0.25) is 0 Å². The van der Waals surface area contributed by atoms with Crippen molar-refractivity contribution >= 4 is 0 Å². The Morgan fingerprint density at radius 1 is 1.15 bits per heavy atom. The first kappa shape index (κ1) is 12.1. The van der Waals surface area contributed by atoms with Gasteiger partial charge in [-0.3, -0.25) is 4.98 Å². The Morgan fingerprint density at radius 2 is 1.95 bits per heavy atom. The van der Waals surface area contributed by atoms with Gasteiger partial charge in [0, 0.05) is 11.3 Å². The van der Waals surface area contributed by atoms with Gasteiger partial charge >= 0.3 is 0 Å². The number of benzene rings is 1. The van der Waals surface area contributed by atoms with E-state index in [0.29, 0.717) is 16.9 Å². The number of aromatic nitrogens is 1. The van der Waals surface area contributed by atoms with Crippen LogP contribution in [0.15, 0.2) is 36.4 Å². The fraction of sp³-hybridized carbons (Fsp3) is 0.389. The van der Waals surface area contributed by atoms with Crippen molar-refractivity contribution in [1.29, 1.82) is 0 Å². The first-order valence-electron chi connectivity index (χ1n) is 7.32. The molecule has 2 atom stereocenters. The van der Waals surface area contributed by atoms with Crippen molar-refractivity contribution in [2.24, 2.45) is 11.3 Å². The van der Waals surface area contributed by atoms with E-state index in [1.807, 2.05) is 12.1 Å². The molecule has 3 aliphatic carbocycles. The standard InChI is InChI=1S/C18H18FN/c1-18(2)11-9-14(18)12-7-8-16(20-17(12)10-11)13-5-3-4-6-15(13)19/h3-8,11,14H,9-10H2,1-2H3/t11-,14+/m0/s1. The van der Waals surface area contributed by atoms with Gasteiger partial charge in [0.15, 0.2) is 0 Å². The van der Waals surface area contributed by atoms with Crippen LogP contribution in [-0.4, -0.2) is 4.98 Å². The molecular formula is C18H18FN. The predicted molar refractivity (Wildman–Crippen MR) is 78.0 cm³/mol. The zero-order valence-electron chi connectivity index (χ0n) is 11.9. The second-order valence-electron chi connectivity index (χ2n) is 6.72. The van der Waals surface area contributed by atoms with E-state index in [1.165, 1.54) is 23.7 Å². The Hall–Kier alpha value is -1.70. The van der Waals surface area contributed by atoms with E-state index >= 15 is 0 Å². The minimum Gasteiger partial charge on any atom is -0.252 e. The van der Waals surface area contributed by atoms with E-state index in [2.05, 4.69) is 19.9 Å². The molecule has 0 radical (unpaired) electrons. The third kappa shape index (κ3) is 1.51. The highest BCUT2D eigenvalue weighted by atomic mass is 19.1. The SMILES string of the molecule is CC1(C)[C@@H]2Cc3nc(-c4ccccc4F)ccc3[C@H]1C2. The molecule has 2 aromatic rings. The quantitative estimate of drug-likeness (QED) is 0.737. The fourth-order valence-electron chi connectivity index (χ4n) is 3.94. The first-order valence-corrected chi connectivity index (χ1v) is 7.32. The van der Waals surface area contributed by atoms with E-state index in [4.69, 9.17) is 4.98 Å². The average molecular weight is 267 g/mol. The van der Waals surface area contributed by atoms with Crippen molar-refractivity contribution < 1.29 is 4.39 Å². The monoisotopic (exact) mass is 267 g/mol. The minimum absolute atomic E-state index is 0.193. The molecule has 1 aromatic heterocycles. The number of hydrogen-bond acceptors (Lipinski definition) is 1. The Labute approximate surface area is 118 Å². The minimum atomic E-state index is -0.193. The van der Waals surface area contributed by atoms with Gasteiger partial charge in [0.25, 0.3) is 0 Å². The summed E-state index contributed by atoms with van der Waals surface area (Å²) in [6.45, 7) is 4.72. The smallest absolute Gasteiger partial charge is 0.132 e. The van der Waals surface area contributed by atoms with E-state index in [-0.39, 0.29) is 5.82 Å². The molecule has 3 aliphatic rings. The van der Waals surface area contributed by atoms with Gasteiger partial charge in [-0.25, -0.2) is 4.39 Å². The van der Waals surface area contributed by atoms with Gasteiger partial charge in [0.05, 0.1) is 5.69 Å². The van der Waals surface area contributed by atoms with Crippen LogP contribution in [0.3, 0.4) is 0 Å². The summed E-state index contributed by atoms with van der Waals surface area (Å²) in [7, 11) is 0. The summed E-state index contributed by atoms with van der Waals surface area (Å²) in [5, 5.41) is 0. The Bertz CT molecular complexity index is 690. The van der Waals surface area contributed by atoms with Crippen molar-refractivity contribution in [1.82, 2.24) is 4.98 Å². The zero-order valence-corrected chi connectivity index (χ0v) is 11.9. The number of pyridine rings is 1. The molecule has 1 aromatic carbocycles. The molecule has 0 spiro atoms. The van der Waals surface area contributed by atoms with Gasteiger partial charge in [0.2, 0.25) is 0 Å². The van der Waals surface area contributed by atoms with Crippen molar-refractivity contribution in [2.75, 3.05) is 0 Å². The molecule has 102 valence electrons. The molecule has 1 fully saturated rings. The summed E-state index contributed by atoms with van der Waals surface area (Å²) < 4.78 is 13.9. The maximum Gasteiger partial charge on any atom is 0.132 e. The van der Waals surface area contributed by atoms with Crippen molar-refractivity contribution in [3.63, 3.8) is 0 Å². The van der Waals surface area contributed by atoms with Crippen LogP contribution in [0.25, 0.3) is 11.3 Å². The van der Waals surface area contributed by atoms with Gasteiger partial charge in [-0.05, 0) is 53.9 Å². The molecule has 1 nitrogen and oxygen atoms in total. The highest BCUT2D eigenvalue weighted by molar-refractivity contribution is 5.61.